The molecule has 2 saturated heterocycles. The average Bonchev–Trinajstić information content (AvgIpc) is 2.78. The number of carboxylic acids is 1. The van der Waals surface area contributed by atoms with Crippen molar-refractivity contribution in [3.8, 4) is 0 Å². The molecule has 2 fully saturated rings. The highest BCUT2D eigenvalue weighted by Gasteiger charge is 2.41. The maximum atomic E-state index is 12.4. The topological polar surface area (TPSA) is 81.2 Å². The monoisotopic (exact) mass is 283 g/mol. The Bertz CT molecular complexity index is 449. The smallest absolute Gasteiger partial charge is 0.329 e. The summed E-state index contributed by atoms with van der Waals surface area (Å²) in [6.07, 6.45) is 1.32. The molecule has 1 atom stereocenters. The van der Waals surface area contributed by atoms with Gasteiger partial charge in [0.15, 0.2) is 0 Å². The van der Waals surface area contributed by atoms with Crippen LogP contribution in [0.4, 0.5) is 4.79 Å². The molecular formula is C13H21N3O4. The quantitative estimate of drug-likeness (QED) is 0.785. The molecule has 0 spiro atoms. The first-order valence-electron chi connectivity index (χ1n) is 6.80. The van der Waals surface area contributed by atoms with Crippen LogP contribution >= 0.6 is 0 Å². The van der Waals surface area contributed by atoms with Gasteiger partial charge in [-0.3, -0.25) is 4.79 Å². The van der Waals surface area contributed by atoms with Crippen molar-refractivity contribution in [2.24, 2.45) is 0 Å². The van der Waals surface area contributed by atoms with Crippen molar-refractivity contribution >= 4 is 17.9 Å². The standard InChI is InChI=1S/C13H21N3O4/c1-13(2,11(18)19)14(3)12(20)15-6-7-16-9(8-15)4-5-10(16)17/h9H,4-8H2,1-3H3,(H,18,19). The number of hydrogen-bond donors (Lipinski definition) is 1. The van der Waals surface area contributed by atoms with Gasteiger partial charge in [0.2, 0.25) is 5.91 Å². The summed E-state index contributed by atoms with van der Waals surface area (Å²) < 4.78 is 0. The highest BCUT2D eigenvalue weighted by molar-refractivity contribution is 5.86. The number of carbonyl (C=O) groups excluding carboxylic acids is 2. The fourth-order valence-corrected chi connectivity index (χ4v) is 2.63. The first kappa shape index (κ1) is 14.6. The van der Waals surface area contributed by atoms with Gasteiger partial charge in [0.25, 0.3) is 0 Å². The Kier molecular flexibility index (Phi) is 3.62. The maximum absolute atomic E-state index is 12.4. The predicted molar refractivity (Wildman–Crippen MR) is 71.2 cm³/mol. The van der Waals surface area contributed by atoms with Gasteiger partial charge >= 0.3 is 12.0 Å². The minimum Gasteiger partial charge on any atom is -0.480 e. The zero-order chi connectivity index (χ0) is 15.1. The highest BCUT2D eigenvalue weighted by Crippen LogP contribution is 2.24. The molecule has 0 aromatic heterocycles. The van der Waals surface area contributed by atoms with Crippen molar-refractivity contribution in [2.45, 2.75) is 38.3 Å². The Balaban J connectivity index is 2.04. The van der Waals surface area contributed by atoms with Gasteiger partial charge in [-0.15, -0.1) is 0 Å². The van der Waals surface area contributed by atoms with Crippen LogP contribution in [0, 0.1) is 0 Å². The summed E-state index contributed by atoms with van der Waals surface area (Å²) >= 11 is 0. The summed E-state index contributed by atoms with van der Waals surface area (Å²) in [6.45, 7) is 4.49. The van der Waals surface area contributed by atoms with Crippen LogP contribution in [0.15, 0.2) is 0 Å². The Morgan fingerprint density at radius 2 is 2.00 bits per heavy atom. The molecule has 20 heavy (non-hydrogen) atoms. The van der Waals surface area contributed by atoms with Crippen LogP contribution in [0.5, 0.6) is 0 Å². The first-order valence-corrected chi connectivity index (χ1v) is 6.80. The van der Waals surface area contributed by atoms with E-state index in [2.05, 4.69) is 0 Å². The fraction of sp³-hybridized carbons (Fsp3) is 0.769. The molecule has 3 amide bonds. The van der Waals surface area contributed by atoms with Crippen LogP contribution in [0.25, 0.3) is 0 Å². The molecule has 0 aromatic rings. The molecule has 0 bridgehead atoms. The van der Waals surface area contributed by atoms with E-state index in [0.717, 1.165) is 6.42 Å². The number of likely N-dealkylation sites (N-methyl/N-ethyl adjacent to an activating group) is 1. The zero-order valence-corrected chi connectivity index (χ0v) is 12.1. The van der Waals surface area contributed by atoms with Gasteiger partial charge < -0.3 is 19.8 Å². The maximum Gasteiger partial charge on any atom is 0.329 e. The second kappa shape index (κ2) is 4.96. The van der Waals surface area contributed by atoms with E-state index in [-0.39, 0.29) is 18.0 Å². The average molecular weight is 283 g/mol. The van der Waals surface area contributed by atoms with Gasteiger partial charge in [-0.25, -0.2) is 9.59 Å². The number of hydrogen-bond acceptors (Lipinski definition) is 3. The molecular weight excluding hydrogens is 262 g/mol. The van der Waals surface area contributed by atoms with Gasteiger partial charge in [-0.1, -0.05) is 0 Å². The van der Waals surface area contributed by atoms with Crippen LogP contribution in [0.1, 0.15) is 26.7 Å². The van der Waals surface area contributed by atoms with E-state index in [1.165, 1.54) is 25.8 Å². The Morgan fingerprint density at radius 1 is 1.35 bits per heavy atom. The number of fused-ring (bicyclic) bond motifs is 1. The van der Waals surface area contributed by atoms with Crippen molar-refractivity contribution in [2.75, 3.05) is 26.7 Å². The Hall–Kier alpha value is -1.79. The number of rotatable bonds is 2. The summed E-state index contributed by atoms with van der Waals surface area (Å²) in [5.74, 6) is -0.885. The van der Waals surface area contributed by atoms with Gasteiger partial charge in [0.05, 0.1) is 0 Å². The molecule has 2 heterocycles. The summed E-state index contributed by atoms with van der Waals surface area (Å²) in [7, 11) is 1.50. The molecule has 7 heteroatoms. The first-order chi connectivity index (χ1) is 9.25. The van der Waals surface area contributed by atoms with Crippen molar-refractivity contribution in [3.05, 3.63) is 0 Å². The molecule has 1 unspecified atom stereocenters. The van der Waals surface area contributed by atoms with E-state index in [0.29, 0.717) is 26.1 Å². The molecule has 1 N–H and O–H groups in total. The van der Waals surface area contributed by atoms with E-state index in [1.807, 2.05) is 4.90 Å². The van der Waals surface area contributed by atoms with Crippen molar-refractivity contribution in [1.82, 2.24) is 14.7 Å². The molecule has 0 aromatic carbocycles. The summed E-state index contributed by atoms with van der Waals surface area (Å²) in [6, 6.07) is -0.210. The lowest BCUT2D eigenvalue weighted by molar-refractivity contribution is -0.147. The molecule has 0 radical (unpaired) electrons. The van der Waals surface area contributed by atoms with Gasteiger partial charge in [-0.05, 0) is 20.3 Å². The fourth-order valence-electron chi connectivity index (χ4n) is 2.63. The number of nitrogens with zero attached hydrogens (tertiary/aromatic N) is 3. The number of carbonyl (C=O) groups is 3. The number of amides is 3. The zero-order valence-electron chi connectivity index (χ0n) is 12.1. The Labute approximate surface area is 118 Å². The van der Waals surface area contributed by atoms with Crippen LogP contribution < -0.4 is 0 Å². The normalized spacial score (nSPS) is 22.8. The minimum atomic E-state index is -1.25. The molecule has 2 aliphatic rings. The summed E-state index contributed by atoms with van der Waals surface area (Å²) in [4.78, 5) is 39.9. The number of aliphatic carboxylic acids is 1. The van der Waals surface area contributed by atoms with E-state index in [4.69, 9.17) is 0 Å². The van der Waals surface area contributed by atoms with Crippen LogP contribution in [-0.2, 0) is 9.59 Å². The number of urea groups is 1. The Morgan fingerprint density at radius 3 is 2.60 bits per heavy atom. The lowest BCUT2D eigenvalue weighted by Gasteiger charge is -2.41. The van der Waals surface area contributed by atoms with Crippen molar-refractivity contribution < 1.29 is 19.5 Å². The predicted octanol–water partition coefficient (Wildman–Crippen LogP) is 0.208. The minimum absolute atomic E-state index is 0.0848. The van der Waals surface area contributed by atoms with E-state index >= 15 is 0 Å². The molecule has 7 nitrogen and oxygen atoms in total. The third-order valence-electron chi connectivity index (χ3n) is 4.41. The van der Waals surface area contributed by atoms with Crippen LogP contribution in [0.3, 0.4) is 0 Å². The van der Waals surface area contributed by atoms with Crippen LogP contribution in [-0.4, -0.2) is 76.0 Å². The summed E-state index contributed by atoms with van der Waals surface area (Å²) in [5.41, 5.74) is -1.25. The van der Waals surface area contributed by atoms with E-state index in [9.17, 15) is 19.5 Å². The highest BCUT2D eigenvalue weighted by atomic mass is 16.4. The molecule has 2 rings (SSSR count). The van der Waals surface area contributed by atoms with Gasteiger partial charge in [0.1, 0.15) is 5.54 Å². The lowest BCUT2D eigenvalue weighted by Crippen LogP contribution is -2.60. The summed E-state index contributed by atoms with van der Waals surface area (Å²) in [5, 5.41) is 9.18. The van der Waals surface area contributed by atoms with Crippen molar-refractivity contribution in [3.63, 3.8) is 0 Å². The van der Waals surface area contributed by atoms with E-state index < -0.39 is 11.5 Å². The number of carboxylic acid groups (broad SMARTS) is 1. The lowest BCUT2D eigenvalue weighted by atomic mass is 10.0. The largest absolute Gasteiger partial charge is 0.480 e. The third-order valence-corrected chi connectivity index (χ3v) is 4.41. The van der Waals surface area contributed by atoms with Gasteiger partial charge in [-0.2, -0.15) is 0 Å². The van der Waals surface area contributed by atoms with Crippen molar-refractivity contribution in [1.29, 1.82) is 0 Å². The van der Waals surface area contributed by atoms with E-state index in [1.54, 1.807) is 4.90 Å². The number of piperazine rings is 1. The molecule has 0 aliphatic carbocycles. The second-order valence-electron chi connectivity index (χ2n) is 5.93. The molecule has 112 valence electrons. The second-order valence-corrected chi connectivity index (χ2v) is 5.93. The van der Waals surface area contributed by atoms with Crippen LogP contribution in [0.2, 0.25) is 0 Å². The third kappa shape index (κ3) is 2.32. The molecule has 0 saturated carbocycles. The SMILES string of the molecule is CN(C(=O)N1CCN2C(=O)CCC2C1)C(C)(C)C(=O)O. The molecule has 2 aliphatic heterocycles. The van der Waals surface area contributed by atoms with Gasteiger partial charge in [0, 0.05) is 39.1 Å².